The molecule has 1 N–H and O–H groups in total. The summed E-state index contributed by atoms with van der Waals surface area (Å²) in [6.07, 6.45) is 0. The summed E-state index contributed by atoms with van der Waals surface area (Å²) in [6, 6.07) is 13.2. The number of aryl methyl sites for hydroxylation is 1. The van der Waals surface area contributed by atoms with E-state index in [4.69, 9.17) is 13.9 Å². The Balaban J connectivity index is 1.71. The Morgan fingerprint density at radius 3 is 2.57 bits per heavy atom. The Morgan fingerprint density at radius 1 is 1.04 bits per heavy atom. The van der Waals surface area contributed by atoms with Crippen LogP contribution in [0.3, 0.4) is 0 Å². The van der Waals surface area contributed by atoms with Crippen LogP contribution < -0.4 is 20.4 Å². The molecule has 1 aliphatic heterocycles. The Morgan fingerprint density at radius 2 is 1.78 bits per heavy atom. The average molecular weight is 309 g/mol. The first-order chi connectivity index (χ1) is 11.2. The molecule has 0 saturated carbocycles. The van der Waals surface area contributed by atoms with Gasteiger partial charge in [-0.05, 0) is 30.7 Å². The molecular formula is C18H15NO4. The van der Waals surface area contributed by atoms with Gasteiger partial charge in [-0.1, -0.05) is 17.7 Å². The summed E-state index contributed by atoms with van der Waals surface area (Å²) in [5, 5.41) is 4.16. The molecule has 5 nitrogen and oxygen atoms in total. The quantitative estimate of drug-likeness (QED) is 0.751. The molecule has 0 fully saturated rings. The van der Waals surface area contributed by atoms with Crippen LogP contribution in [0.25, 0.3) is 11.0 Å². The summed E-state index contributed by atoms with van der Waals surface area (Å²) in [5.74, 6) is 1.27. The molecule has 0 unspecified atom stereocenters. The van der Waals surface area contributed by atoms with Gasteiger partial charge in [0, 0.05) is 29.8 Å². The fourth-order valence-corrected chi connectivity index (χ4v) is 2.63. The third-order valence-corrected chi connectivity index (χ3v) is 3.86. The first kappa shape index (κ1) is 13.7. The van der Waals surface area contributed by atoms with Gasteiger partial charge in [0.15, 0.2) is 11.5 Å². The van der Waals surface area contributed by atoms with Gasteiger partial charge in [-0.15, -0.1) is 0 Å². The Hall–Kier alpha value is -2.95. The van der Waals surface area contributed by atoms with Gasteiger partial charge in [0.05, 0.1) is 0 Å². The van der Waals surface area contributed by atoms with E-state index in [-0.39, 0.29) is 12.4 Å². The van der Waals surface area contributed by atoms with Gasteiger partial charge in [0.2, 0.25) is 6.79 Å². The maximum Gasteiger partial charge on any atom is 0.336 e. The molecule has 0 spiro atoms. The number of ether oxygens (including phenoxy) is 2. The van der Waals surface area contributed by atoms with E-state index in [1.165, 1.54) is 11.6 Å². The SMILES string of the molecule is Cc1ccc(NCc2cc(=O)oc3cc4c(cc23)OCO4)cc1. The number of rotatable bonds is 3. The Labute approximate surface area is 132 Å². The smallest absolute Gasteiger partial charge is 0.336 e. The van der Waals surface area contributed by atoms with Crippen molar-refractivity contribution in [1.29, 1.82) is 0 Å². The van der Waals surface area contributed by atoms with E-state index in [0.29, 0.717) is 23.6 Å². The van der Waals surface area contributed by atoms with Crippen molar-refractivity contribution in [3.8, 4) is 11.5 Å². The normalized spacial score (nSPS) is 12.6. The number of hydrogen-bond acceptors (Lipinski definition) is 5. The van der Waals surface area contributed by atoms with Gasteiger partial charge in [-0.3, -0.25) is 0 Å². The molecule has 0 aliphatic carbocycles. The number of hydrogen-bond donors (Lipinski definition) is 1. The van der Waals surface area contributed by atoms with E-state index >= 15 is 0 Å². The molecule has 2 heterocycles. The molecule has 4 rings (SSSR count). The zero-order valence-corrected chi connectivity index (χ0v) is 12.6. The molecule has 1 aliphatic rings. The van der Waals surface area contributed by atoms with Crippen LogP contribution in [-0.4, -0.2) is 6.79 Å². The van der Waals surface area contributed by atoms with Gasteiger partial charge in [-0.25, -0.2) is 4.79 Å². The monoisotopic (exact) mass is 309 g/mol. The van der Waals surface area contributed by atoms with E-state index < -0.39 is 0 Å². The first-order valence-electron chi connectivity index (χ1n) is 7.36. The molecule has 0 amide bonds. The van der Waals surface area contributed by atoms with Crippen LogP contribution >= 0.6 is 0 Å². The van der Waals surface area contributed by atoms with Crippen molar-refractivity contribution in [3.05, 3.63) is 64.0 Å². The van der Waals surface area contributed by atoms with Crippen LogP contribution in [0.4, 0.5) is 5.69 Å². The van der Waals surface area contributed by atoms with E-state index in [9.17, 15) is 4.79 Å². The minimum atomic E-state index is -0.378. The van der Waals surface area contributed by atoms with Crippen molar-refractivity contribution in [2.24, 2.45) is 0 Å². The zero-order valence-electron chi connectivity index (χ0n) is 12.6. The summed E-state index contributed by atoms with van der Waals surface area (Å²) in [4.78, 5) is 11.8. The second-order valence-electron chi connectivity index (χ2n) is 5.51. The van der Waals surface area contributed by atoms with Gasteiger partial charge < -0.3 is 19.2 Å². The van der Waals surface area contributed by atoms with E-state index in [1.54, 1.807) is 6.07 Å². The second kappa shape index (κ2) is 5.35. The summed E-state index contributed by atoms with van der Waals surface area (Å²) >= 11 is 0. The van der Waals surface area contributed by atoms with Crippen molar-refractivity contribution in [2.45, 2.75) is 13.5 Å². The molecule has 5 heteroatoms. The Bertz CT molecular complexity index is 928. The maximum absolute atomic E-state index is 11.8. The molecule has 2 aromatic carbocycles. The van der Waals surface area contributed by atoms with Crippen LogP contribution in [0.15, 0.2) is 51.7 Å². The lowest BCUT2D eigenvalue weighted by Crippen LogP contribution is -2.05. The van der Waals surface area contributed by atoms with E-state index in [1.807, 2.05) is 37.3 Å². The molecule has 0 bridgehead atoms. The minimum absolute atomic E-state index is 0.187. The summed E-state index contributed by atoms with van der Waals surface area (Å²) < 4.78 is 16.0. The van der Waals surface area contributed by atoms with Gasteiger partial charge in [-0.2, -0.15) is 0 Å². The molecule has 0 saturated heterocycles. The van der Waals surface area contributed by atoms with Crippen LogP contribution in [0.2, 0.25) is 0 Å². The van der Waals surface area contributed by atoms with Crippen molar-refractivity contribution in [1.82, 2.24) is 0 Å². The Kier molecular flexibility index (Phi) is 3.19. The lowest BCUT2D eigenvalue weighted by atomic mass is 10.1. The number of nitrogens with one attached hydrogen (secondary N) is 1. The molecule has 116 valence electrons. The summed E-state index contributed by atoms with van der Waals surface area (Å²) in [6.45, 7) is 2.75. The van der Waals surface area contributed by atoms with Gasteiger partial charge >= 0.3 is 5.63 Å². The third-order valence-electron chi connectivity index (χ3n) is 3.86. The first-order valence-corrected chi connectivity index (χ1v) is 7.36. The third kappa shape index (κ3) is 2.61. The highest BCUT2D eigenvalue weighted by Crippen LogP contribution is 2.36. The van der Waals surface area contributed by atoms with Crippen LogP contribution in [0.5, 0.6) is 11.5 Å². The highest BCUT2D eigenvalue weighted by molar-refractivity contribution is 5.84. The standard InChI is InChI=1S/C18H15NO4/c1-11-2-4-13(5-3-11)19-9-12-6-18(20)23-15-8-17-16(7-14(12)15)21-10-22-17/h2-8,19H,9-10H2,1H3. The van der Waals surface area contributed by atoms with Crippen molar-refractivity contribution in [3.63, 3.8) is 0 Å². The molecule has 0 radical (unpaired) electrons. The fraction of sp³-hybridized carbons (Fsp3) is 0.167. The topological polar surface area (TPSA) is 60.7 Å². The second-order valence-corrected chi connectivity index (χ2v) is 5.51. The van der Waals surface area contributed by atoms with Crippen molar-refractivity contribution < 1.29 is 13.9 Å². The molecule has 0 atom stereocenters. The lowest BCUT2D eigenvalue weighted by Gasteiger charge is -2.09. The average Bonchev–Trinajstić information content (AvgIpc) is 2.99. The highest BCUT2D eigenvalue weighted by Gasteiger charge is 2.17. The van der Waals surface area contributed by atoms with Crippen molar-refractivity contribution in [2.75, 3.05) is 12.1 Å². The number of anilines is 1. The van der Waals surface area contributed by atoms with E-state index in [0.717, 1.165) is 16.6 Å². The van der Waals surface area contributed by atoms with E-state index in [2.05, 4.69) is 5.32 Å². The molecular weight excluding hydrogens is 294 g/mol. The predicted octanol–water partition coefficient (Wildman–Crippen LogP) is 3.44. The maximum atomic E-state index is 11.8. The van der Waals surface area contributed by atoms with Crippen LogP contribution in [0.1, 0.15) is 11.1 Å². The van der Waals surface area contributed by atoms with Gasteiger partial charge in [0.1, 0.15) is 5.58 Å². The van der Waals surface area contributed by atoms with Crippen LogP contribution in [0, 0.1) is 6.92 Å². The summed E-state index contributed by atoms with van der Waals surface area (Å²) in [5.41, 5.74) is 3.18. The van der Waals surface area contributed by atoms with Gasteiger partial charge in [0.25, 0.3) is 0 Å². The summed E-state index contributed by atoms with van der Waals surface area (Å²) in [7, 11) is 0. The fourth-order valence-electron chi connectivity index (χ4n) is 2.63. The lowest BCUT2D eigenvalue weighted by molar-refractivity contribution is 0.174. The largest absolute Gasteiger partial charge is 0.454 e. The van der Waals surface area contributed by atoms with Crippen LogP contribution in [-0.2, 0) is 6.54 Å². The molecule has 23 heavy (non-hydrogen) atoms. The number of fused-ring (bicyclic) bond motifs is 2. The van der Waals surface area contributed by atoms with Crippen molar-refractivity contribution >= 4 is 16.7 Å². The highest BCUT2D eigenvalue weighted by atomic mass is 16.7. The molecule has 3 aromatic rings. The minimum Gasteiger partial charge on any atom is -0.454 e. The predicted molar refractivity (Wildman–Crippen MR) is 87.1 cm³/mol. The zero-order chi connectivity index (χ0) is 15.8. The molecule has 1 aromatic heterocycles. The number of benzene rings is 2.